The van der Waals surface area contributed by atoms with Gasteiger partial charge in [0.2, 0.25) is 0 Å². The molecule has 1 aliphatic heterocycles. The Morgan fingerprint density at radius 1 is 1.15 bits per heavy atom. The van der Waals surface area contributed by atoms with Crippen molar-refractivity contribution >= 4 is 5.69 Å². The van der Waals surface area contributed by atoms with Crippen LogP contribution < -0.4 is 5.73 Å². The summed E-state index contributed by atoms with van der Waals surface area (Å²) in [4.78, 5) is 2.65. The van der Waals surface area contributed by atoms with Gasteiger partial charge in [0.25, 0.3) is 0 Å². The van der Waals surface area contributed by atoms with Crippen molar-refractivity contribution in [2.24, 2.45) is 11.3 Å². The predicted octanol–water partition coefficient (Wildman–Crippen LogP) is 4.19. The number of anilines is 1. The van der Waals surface area contributed by atoms with E-state index in [0.717, 1.165) is 24.7 Å². The quantitative estimate of drug-likeness (QED) is 0.833. The van der Waals surface area contributed by atoms with E-state index in [2.05, 4.69) is 30.9 Å². The SMILES string of the molecule is CC(C)CC1(CN2Cc3ccc(N)cc3C2)CCCC1. The third-order valence-electron chi connectivity index (χ3n) is 5.08. The van der Waals surface area contributed by atoms with Gasteiger partial charge in [0.1, 0.15) is 0 Å². The lowest BCUT2D eigenvalue weighted by Crippen LogP contribution is -2.34. The molecule has 1 fully saturated rings. The first-order valence-electron chi connectivity index (χ1n) is 8.16. The van der Waals surface area contributed by atoms with Gasteiger partial charge in [-0.2, -0.15) is 0 Å². The molecule has 1 aromatic carbocycles. The fourth-order valence-electron chi connectivity index (χ4n) is 4.49. The molecule has 1 aliphatic carbocycles. The van der Waals surface area contributed by atoms with E-state index in [-0.39, 0.29) is 0 Å². The first-order chi connectivity index (χ1) is 9.56. The smallest absolute Gasteiger partial charge is 0.0317 e. The zero-order chi connectivity index (χ0) is 14.2. The molecule has 1 aromatic rings. The highest BCUT2D eigenvalue weighted by Crippen LogP contribution is 2.44. The fraction of sp³-hybridized carbons (Fsp3) is 0.667. The third kappa shape index (κ3) is 2.85. The average molecular weight is 272 g/mol. The summed E-state index contributed by atoms with van der Waals surface area (Å²) in [5.41, 5.74) is 10.3. The minimum absolute atomic E-state index is 0.585. The minimum atomic E-state index is 0.585. The Kier molecular flexibility index (Phi) is 3.76. The van der Waals surface area contributed by atoms with Gasteiger partial charge < -0.3 is 5.73 Å². The van der Waals surface area contributed by atoms with E-state index in [1.54, 1.807) is 0 Å². The average Bonchev–Trinajstić information content (AvgIpc) is 2.94. The Morgan fingerprint density at radius 3 is 2.55 bits per heavy atom. The Labute approximate surface area is 123 Å². The summed E-state index contributed by atoms with van der Waals surface area (Å²) < 4.78 is 0. The van der Waals surface area contributed by atoms with Crippen LogP contribution in [-0.2, 0) is 13.1 Å². The number of hydrogen-bond acceptors (Lipinski definition) is 2. The van der Waals surface area contributed by atoms with Gasteiger partial charge in [-0.25, -0.2) is 0 Å². The van der Waals surface area contributed by atoms with Crippen LogP contribution in [0.2, 0.25) is 0 Å². The number of nitrogens with zero attached hydrogens (tertiary/aromatic N) is 1. The number of nitrogen functional groups attached to an aromatic ring is 1. The normalized spacial score (nSPS) is 21.6. The standard InChI is InChI=1S/C18H28N2/c1-14(2)10-18(7-3-4-8-18)13-20-11-15-5-6-17(19)9-16(15)12-20/h5-6,9,14H,3-4,7-8,10-13,19H2,1-2H3. The van der Waals surface area contributed by atoms with Gasteiger partial charge in [-0.1, -0.05) is 32.8 Å². The lowest BCUT2D eigenvalue weighted by Gasteiger charge is -2.35. The maximum Gasteiger partial charge on any atom is 0.0317 e. The highest BCUT2D eigenvalue weighted by molar-refractivity contribution is 5.46. The topological polar surface area (TPSA) is 29.3 Å². The molecule has 0 saturated heterocycles. The van der Waals surface area contributed by atoms with Crippen LogP contribution in [0.5, 0.6) is 0 Å². The molecule has 2 aliphatic rings. The maximum atomic E-state index is 5.91. The van der Waals surface area contributed by atoms with Crippen molar-refractivity contribution in [2.45, 2.75) is 59.0 Å². The van der Waals surface area contributed by atoms with Crippen LogP contribution in [0.25, 0.3) is 0 Å². The van der Waals surface area contributed by atoms with Gasteiger partial charge in [-0.15, -0.1) is 0 Å². The molecule has 2 nitrogen and oxygen atoms in total. The van der Waals surface area contributed by atoms with Crippen LogP contribution in [0.3, 0.4) is 0 Å². The van der Waals surface area contributed by atoms with Gasteiger partial charge in [0, 0.05) is 25.3 Å². The van der Waals surface area contributed by atoms with Crippen molar-refractivity contribution in [1.29, 1.82) is 0 Å². The number of hydrogen-bond donors (Lipinski definition) is 1. The molecule has 2 N–H and O–H groups in total. The van der Waals surface area contributed by atoms with E-state index in [9.17, 15) is 0 Å². The van der Waals surface area contributed by atoms with E-state index in [1.807, 2.05) is 6.07 Å². The summed E-state index contributed by atoms with van der Waals surface area (Å²) in [6.45, 7) is 8.24. The largest absolute Gasteiger partial charge is 0.399 e. The predicted molar refractivity (Wildman–Crippen MR) is 85.3 cm³/mol. The van der Waals surface area contributed by atoms with E-state index >= 15 is 0 Å². The van der Waals surface area contributed by atoms with Crippen LogP contribution in [0, 0.1) is 11.3 Å². The number of nitrogens with two attached hydrogens (primary N) is 1. The number of rotatable bonds is 4. The summed E-state index contributed by atoms with van der Waals surface area (Å²) in [6.07, 6.45) is 7.11. The van der Waals surface area contributed by atoms with Crippen molar-refractivity contribution in [3.05, 3.63) is 29.3 Å². The highest BCUT2D eigenvalue weighted by atomic mass is 15.1. The molecule has 0 radical (unpaired) electrons. The third-order valence-corrected chi connectivity index (χ3v) is 5.08. The Balaban J connectivity index is 1.69. The van der Waals surface area contributed by atoms with Crippen LogP contribution in [0.1, 0.15) is 57.1 Å². The van der Waals surface area contributed by atoms with Crippen LogP contribution >= 0.6 is 0 Å². The molecule has 110 valence electrons. The van der Waals surface area contributed by atoms with Crippen LogP contribution in [-0.4, -0.2) is 11.4 Å². The molecule has 0 bridgehead atoms. The molecule has 20 heavy (non-hydrogen) atoms. The van der Waals surface area contributed by atoms with Crippen LogP contribution in [0.15, 0.2) is 18.2 Å². The summed E-state index contributed by atoms with van der Waals surface area (Å²) in [6, 6.07) is 6.43. The Morgan fingerprint density at radius 2 is 1.85 bits per heavy atom. The Hall–Kier alpha value is -1.02. The summed E-state index contributed by atoms with van der Waals surface area (Å²) in [7, 11) is 0. The molecular weight excluding hydrogens is 244 g/mol. The van der Waals surface area contributed by atoms with Crippen molar-refractivity contribution < 1.29 is 0 Å². The fourth-order valence-corrected chi connectivity index (χ4v) is 4.49. The Bertz CT molecular complexity index is 472. The van der Waals surface area contributed by atoms with E-state index in [0.29, 0.717) is 5.41 Å². The zero-order valence-electron chi connectivity index (χ0n) is 13.0. The van der Waals surface area contributed by atoms with Crippen molar-refractivity contribution in [3.8, 4) is 0 Å². The first-order valence-corrected chi connectivity index (χ1v) is 8.16. The number of benzene rings is 1. The second-order valence-electron chi connectivity index (χ2n) is 7.48. The minimum Gasteiger partial charge on any atom is -0.399 e. The van der Waals surface area contributed by atoms with Crippen molar-refractivity contribution in [3.63, 3.8) is 0 Å². The lowest BCUT2D eigenvalue weighted by atomic mass is 9.78. The van der Waals surface area contributed by atoms with E-state index in [1.165, 1.54) is 49.8 Å². The van der Waals surface area contributed by atoms with Crippen molar-refractivity contribution in [2.75, 3.05) is 12.3 Å². The molecular formula is C18H28N2. The first kappa shape index (κ1) is 13.9. The molecule has 0 amide bonds. The molecule has 0 unspecified atom stereocenters. The summed E-state index contributed by atoms with van der Waals surface area (Å²) >= 11 is 0. The molecule has 2 heteroatoms. The highest BCUT2D eigenvalue weighted by Gasteiger charge is 2.37. The molecule has 0 atom stereocenters. The molecule has 1 heterocycles. The van der Waals surface area contributed by atoms with Gasteiger partial charge in [0.05, 0.1) is 0 Å². The molecule has 1 saturated carbocycles. The molecule has 3 rings (SSSR count). The van der Waals surface area contributed by atoms with Gasteiger partial charge in [0.15, 0.2) is 0 Å². The zero-order valence-corrected chi connectivity index (χ0v) is 13.0. The van der Waals surface area contributed by atoms with Crippen molar-refractivity contribution in [1.82, 2.24) is 4.90 Å². The second-order valence-corrected chi connectivity index (χ2v) is 7.48. The van der Waals surface area contributed by atoms with Gasteiger partial charge in [-0.3, -0.25) is 4.90 Å². The van der Waals surface area contributed by atoms with E-state index < -0.39 is 0 Å². The van der Waals surface area contributed by atoms with Gasteiger partial charge >= 0.3 is 0 Å². The number of fused-ring (bicyclic) bond motifs is 1. The summed E-state index contributed by atoms with van der Waals surface area (Å²) in [5.74, 6) is 0.814. The second kappa shape index (κ2) is 5.40. The molecule has 0 spiro atoms. The van der Waals surface area contributed by atoms with Gasteiger partial charge in [-0.05, 0) is 53.9 Å². The monoisotopic (exact) mass is 272 g/mol. The lowest BCUT2D eigenvalue weighted by molar-refractivity contribution is 0.127. The molecule has 0 aromatic heterocycles. The maximum absolute atomic E-state index is 5.91. The summed E-state index contributed by atoms with van der Waals surface area (Å²) in [5, 5.41) is 0. The van der Waals surface area contributed by atoms with Crippen LogP contribution in [0.4, 0.5) is 5.69 Å². The van der Waals surface area contributed by atoms with E-state index in [4.69, 9.17) is 5.73 Å².